The second-order valence-corrected chi connectivity index (χ2v) is 9.78. The molecule has 0 fully saturated rings. The molecular formula is C26H20F6O3P+. The second-order valence-electron chi connectivity index (χ2n) is 8.30. The molecule has 0 aliphatic heterocycles. The summed E-state index contributed by atoms with van der Waals surface area (Å²) in [6, 6.07) is 7.98. The predicted octanol–water partition coefficient (Wildman–Crippen LogP) is 7.48. The van der Waals surface area contributed by atoms with Crippen LogP contribution in [0.1, 0.15) is 59.7 Å². The van der Waals surface area contributed by atoms with E-state index in [1.165, 1.54) is 18.2 Å². The van der Waals surface area contributed by atoms with E-state index in [1.54, 1.807) is 26.8 Å². The van der Waals surface area contributed by atoms with Gasteiger partial charge in [-0.2, -0.15) is 26.3 Å². The normalized spacial score (nSPS) is 12.4. The van der Waals surface area contributed by atoms with Crippen LogP contribution in [-0.4, -0.2) is 11.3 Å². The van der Waals surface area contributed by atoms with Crippen molar-refractivity contribution in [3.63, 3.8) is 0 Å². The van der Waals surface area contributed by atoms with Crippen LogP contribution in [0.3, 0.4) is 0 Å². The van der Waals surface area contributed by atoms with E-state index in [9.17, 15) is 40.5 Å². The molecule has 10 heteroatoms. The quantitative estimate of drug-likeness (QED) is 0.197. The Morgan fingerprint density at radius 2 is 1.22 bits per heavy atom. The van der Waals surface area contributed by atoms with Gasteiger partial charge in [-0.3, -0.25) is 4.79 Å². The largest absolute Gasteiger partial charge is 0.459 e. The molecule has 3 aromatic rings. The number of rotatable bonds is 5. The Bertz CT molecular complexity index is 1370. The zero-order valence-electron chi connectivity index (χ0n) is 19.6. The van der Waals surface area contributed by atoms with Gasteiger partial charge in [0.05, 0.1) is 22.3 Å². The van der Waals surface area contributed by atoms with Gasteiger partial charge in [0, 0.05) is 5.56 Å². The number of aryl methyl sites for hydroxylation is 2. The molecule has 0 aliphatic rings. The smallest absolute Gasteiger partial charge is 0.288 e. The van der Waals surface area contributed by atoms with Crippen molar-refractivity contribution < 1.29 is 40.5 Å². The number of carbonyl (C=O) groups is 2. The van der Waals surface area contributed by atoms with Gasteiger partial charge in [0.1, 0.15) is 0 Å². The van der Waals surface area contributed by atoms with E-state index in [4.69, 9.17) is 0 Å². The molecular weight excluding hydrogens is 505 g/mol. The van der Waals surface area contributed by atoms with Gasteiger partial charge in [0.25, 0.3) is 0 Å². The molecule has 1 atom stereocenters. The highest BCUT2D eigenvalue weighted by Crippen LogP contribution is 2.43. The first-order valence-corrected chi connectivity index (χ1v) is 11.8. The summed E-state index contributed by atoms with van der Waals surface area (Å²) in [6.45, 7) is 7.02. The van der Waals surface area contributed by atoms with Gasteiger partial charge in [-0.1, -0.05) is 28.8 Å². The Morgan fingerprint density at radius 3 is 1.75 bits per heavy atom. The summed E-state index contributed by atoms with van der Waals surface area (Å²) in [5.41, 5.74) is -4.35. The number of halogens is 6. The van der Waals surface area contributed by atoms with Gasteiger partial charge >= 0.3 is 25.7 Å². The van der Waals surface area contributed by atoms with Crippen molar-refractivity contribution in [1.29, 1.82) is 0 Å². The number of alkyl halides is 6. The number of hydrogen-bond acceptors (Lipinski definition) is 3. The van der Waals surface area contributed by atoms with Gasteiger partial charge in [0.2, 0.25) is 5.30 Å². The Balaban J connectivity index is 2.21. The van der Waals surface area contributed by atoms with E-state index in [2.05, 4.69) is 0 Å². The number of benzene rings is 3. The van der Waals surface area contributed by atoms with E-state index in [0.717, 1.165) is 17.2 Å². The third-order valence-electron chi connectivity index (χ3n) is 6.02. The lowest BCUT2D eigenvalue weighted by Crippen LogP contribution is -2.22. The first-order valence-electron chi connectivity index (χ1n) is 10.6. The number of hydrogen-bond donors (Lipinski definition) is 0. The monoisotopic (exact) mass is 525 g/mol. The highest BCUT2D eigenvalue weighted by atomic mass is 31.1. The third kappa shape index (κ3) is 4.98. The van der Waals surface area contributed by atoms with E-state index in [1.807, 2.05) is 6.92 Å². The zero-order valence-corrected chi connectivity index (χ0v) is 20.5. The van der Waals surface area contributed by atoms with E-state index in [0.29, 0.717) is 29.3 Å². The summed E-state index contributed by atoms with van der Waals surface area (Å²) < 4.78 is 94.6. The highest BCUT2D eigenvalue weighted by molar-refractivity contribution is 7.71. The Morgan fingerprint density at radius 1 is 0.694 bits per heavy atom. The molecule has 36 heavy (non-hydrogen) atoms. The molecule has 1 unspecified atom stereocenters. The van der Waals surface area contributed by atoms with Crippen LogP contribution in [0.25, 0.3) is 0 Å². The van der Waals surface area contributed by atoms with E-state index in [-0.39, 0.29) is 11.1 Å². The molecule has 3 nitrogen and oxygen atoms in total. The summed E-state index contributed by atoms with van der Waals surface area (Å²) in [6.07, 6.45) is -10.6. The van der Waals surface area contributed by atoms with Crippen LogP contribution in [0.5, 0.6) is 0 Å². The van der Waals surface area contributed by atoms with Gasteiger partial charge in [-0.25, -0.2) is 4.79 Å². The fourth-order valence-electron chi connectivity index (χ4n) is 4.08. The lowest BCUT2D eigenvalue weighted by molar-refractivity contribution is -0.143. The molecule has 0 spiro atoms. The van der Waals surface area contributed by atoms with Gasteiger partial charge in [-0.05, 0) is 74.2 Å². The average Bonchev–Trinajstić information content (AvgIpc) is 2.80. The second kappa shape index (κ2) is 9.62. The molecule has 0 bridgehead atoms. The zero-order chi connectivity index (χ0) is 27.2. The van der Waals surface area contributed by atoms with Gasteiger partial charge in [0.15, 0.2) is 5.78 Å². The maximum absolute atomic E-state index is 13.6. The molecule has 0 saturated heterocycles. The SMILES string of the molecule is Cc1cc(C)c(C(=O)c2ccccc2[P+](=O)C(=O)c2c(C(F)(F)F)cccc2C(F)(F)F)c(C)c1C. The van der Waals surface area contributed by atoms with Crippen LogP contribution in [-0.2, 0) is 16.9 Å². The molecule has 0 radical (unpaired) electrons. The molecule has 0 amide bonds. The van der Waals surface area contributed by atoms with E-state index >= 15 is 0 Å². The summed E-state index contributed by atoms with van der Waals surface area (Å²) >= 11 is 0. The van der Waals surface area contributed by atoms with Crippen molar-refractivity contribution in [3.05, 3.63) is 98.6 Å². The van der Waals surface area contributed by atoms with Crippen molar-refractivity contribution in [2.45, 2.75) is 40.0 Å². The van der Waals surface area contributed by atoms with Crippen LogP contribution in [0.15, 0.2) is 48.5 Å². The van der Waals surface area contributed by atoms with Crippen LogP contribution in [0.2, 0.25) is 0 Å². The lowest BCUT2D eigenvalue weighted by Gasteiger charge is -2.15. The maximum atomic E-state index is 13.6. The van der Waals surface area contributed by atoms with E-state index < -0.39 is 53.5 Å². The summed E-state index contributed by atoms with van der Waals surface area (Å²) in [7, 11) is -3.53. The Hall–Kier alpha value is -3.32. The van der Waals surface area contributed by atoms with Crippen molar-refractivity contribution in [3.8, 4) is 0 Å². The van der Waals surface area contributed by atoms with Crippen molar-refractivity contribution in [2.75, 3.05) is 0 Å². The number of carbonyl (C=O) groups excluding carboxylic acids is 2. The fraction of sp³-hybridized carbons (Fsp3) is 0.231. The number of ketones is 1. The minimum atomic E-state index is -5.31. The van der Waals surface area contributed by atoms with Crippen molar-refractivity contribution >= 4 is 24.4 Å². The molecule has 0 N–H and O–H groups in total. The van der Waals surface area contributed by atoms with Crippen LogP contribution >= 0.6 is 7.80 Å². The predicted molar refractivity (Wildman–Crippen MR) is 123 cm³/mol. The third-order valence-corrected chi connectivity index (χ3v) is 7.44. The maximum Gasteiger partial charge on any atom is 0.459 e. The molecule has 3 rings (SSSR count). The topological polar surface area (TPSA) is 51.2 Å². The van der Waals surface area contributed by atoms with Crippen LogP contribution in [0, 0.1) is 27.7 Å². The highest BCUT2D eigenvalue weighted by Gasteiger charge is 2.49. The molecule has 0 aromatic heterocycles. The average molecular weight is 525 g/mol. The molecule has 188 valence electrons. The Kier molecular flexibility index (Phi) is 7.29. The van der Waals surface area contributed by atoms with Crippen molar-refractivity contribution in [1.82, 2.24) is 0 Å². The summed E-state index contributed by atoms with van der Waals surface area (Å²) in [4.78, 5) is 26.5. The minimum Gasteiger partial charge on any atom is -0.288 e. The standard InChI is InChI=1S/C26H20F6O3P/c1-13-12-14(2)21(16(4)15(13)3)23(33)17-8-5-6-11-20(17)36(35)24(34)22-18(25(27,28)29)9-7-10-19(22)26(30,31)32/h5-12H,1-4H3/q+1. The minimum absolute atomic E-state index is 0.237. The molecule has 0 aliphatic carbocycles. The lowest BCUT2D eigenvalue weighted by atomic mass is 9.89. The first kappa shape index (κ1) is 27.3. The molecule has 3 aromatic carbocycles. The van der Waals surface area contributed by atoms with Gasteiger partial charge < -0.3 is 0 Å². The molecule has 0 saturated carbocycles. The first-order chi connectivity index (χ1) is 16.6. The molecule has 0 heterocycles. The summed E-state index contributed by atoms with van der Waals surface area (Å²) in [5, 5.41) is -0.440. The van der Waals surface area contributed by atoms with Crippen molar-refractivity contribution in [2.24, 2.45) is 0 Å². The summed E-state index contributed by atoms with van der Waals surface area (Å²) in [5.74, 6) is -0.639. The van der Waals surface area contributed by atoms with Crippen LogP contribution < -0.4 is 5.30 Å². The Labute approximate surface area is 203 Å². The van der Waals surface area contributed by atoms with Crippen LogP contribution in [0.4, 0.5) is 26.3 Å². The fourth-order valence-corrected chi connectivity index (χ4v) is 5.36. The van der Waals surface area contributed by atoms with Gasteiger partial charge in [-0.15, -0.1) is 0 Å².